The Morgan fingerprint density at radius 3 is 2.02 bits per heavy atom. The second kappa shape index (κ2) is 15.2. The fourth-order valence-corrected chi connectivity index (χ4v) is 6.83. The van der Waals surface area contributed by atoms with Crippen LogP contribution in [0.5, 0.6) is 0 Å². The lowest BCUT2D eigenvalue weighted by Crippen LogP contribution is -2.56. The number of hydrogen-bond acceptors (Lipinski definition) is 6. The van der Waals surface area contributed by atoms with E-state index in [1.807, 2.05) is 0 Å². The van der Waals surface area contributed by atoms with E-state index in [0.29, 0.717) is 49.6 Å². The number of aliphatic imine (C=N–C) groups is 1. The molecule has 1 fully saturated rings. The summed E-state index contributed by atoms with van der Waals surface area (Å²) >= 11 is 0. The van der Waals surface area contributed by atoms with E-state index in [1.54, 1.807) is 24.3 Å². The van der Waals surface area contributed by atoms with Crippen molar-refractivity contribution in [2.45, 2.75) is 30.7 Å². The summed E-state index contributed by atoms with van der Waals surface area (Å²) in [5.74, 6) is -7.73. The number of nitrogens with zero attached hydrogens (tertiary/aromatic N) is 4. The Bertz CT molecular complexity index is 1650. The Hall–Kier alpha value is -4.69. The third kappa shape index (κ3) is 7.20. The van der Waals surface area contributed by atoms with Crippen LogP contribution in [0.3, 0.4) is 0 Å². The fraction of sp³-hybridized carbons (Fsp3) is 0.371. The van der Waals surface area contributed by atoms with Gasteiger partial charge in [0.25, 0.3) is 0 Å². The molecule has 0 N–H and O–H groups in total. The van der Waals surface area contributed by atoms with Gasteiger partial charge in [0.15, 0.2) is 11.6 Å². The second-order valence-corrected chi connectivity index (χ2v) is 11.9. The molecule has 5 rings (SSSR count). The summed E-state index contributed by atoms with van der Waals surface area (Å²) in [5, 5.41) is 1.52. The molecule has 0 aliphatic carbocycles. The lowest BCUT2D eigenvalue weighted by Gasteiger charge is -2.44. The Morgan fingerprint density at radius 1 is 0.918 bits per heavy atom. The zero-order chi connectivity index (χ0) is 35.3. The molecule has 260 valence electrons. The number of hydrogen-bond donors (Lipinski definition) is 0. The first kappa shape index (κ1) is 35.6. The number of rotatable bonds is 12. The molecule has 3 aromatic rings. The highest BCUT2D eigenvalue weighted by molar-refractivity contribution is 6.10. The van der Waals surface area contributed by atoms with Gasteiger partial charge in [-0.3, -0.25) is 14.6 Å². The quantitative estimate of drug-likeness (QED) is 0.107. The van der Waals surface area contributed by atoms with Crippen molar-refractivity contribution in [1.29, 1.82) is 0 Å². The van der Waals surface area contributed by atoms with Crippen molar-refractivity contribution >= 4 is 24.1 Å². The molecular formula is C35H35F5N4O5. The average Bonchev–Trinajstić information content (AvgIpc) is 3.10. The lowest BCUT2D eigenvalue weighted by atomic mass is 9.68. The number of piperidine rings is 1. The van der Waals surface area contributed by atoms with Gasteiger partial charge in [-0.05, 0) is 86.4 Å². The SMILES string of the molecule is COCC1=NC(=O)N(N(C=O)CCCN2CCC(c3ccc(F)cc3)(c3ccc(F)cc3)CC2)C(c2c(F)ccc(F)c2F)C1C(=O)OC. The van der Waals surface area contributed by atoms with E-state index in [1.165, 1.54) is 31.4 Å². The molecule has 0 spiro atoms. The van der Waals surface area contributed by atoms with Crippen LogP contribution in [0, 0.1) is 35.0 Å². The molecule has 2 heterocycles. The standard InChI is InChI=1S/C35H35F5N4O5/c1-48-20-28-30(33(46)49-2)32(29-26(38)12-13-27(39)31(29)40)44(34(47)41-28)43(21-45)17-3-16-42-18-14-35(15-19-42,22-4-8-24(36)9-5-22)23-6-10-25(37)11-7-23/h4-13,21,30,32H,3,14-20H2,1-2H3. The largest absolute Gasteiger partial charge is 0.468 e. The van der Waals surface area contributed by atoms with Crippen LogP contribution in [0.25, 0.3) is 0 Å². The van der Waals surface area contributed by atoms with Crippen molar-refractivity contribution in [3.05, 3.63) is 106 Å². The molecule has 49 heavy (non-hydrogen) atoms. The molecule has 2 aliphatic rings. The molecule has 3 amide bonds. The van der Waals surface area contributed by atoms with Crippen molar-refractivity contribution < 1.29 is 45.8 Å². The number of methoxy groups -OCH3 is 2. The van der Waals surface area contributed by atoms with Gasteiger partial charge in [0.2, 0.25) is 6.41 Å². The van der Waals surface area contributed by atoms with Gasteiger partial charge in [-0.15, -0.1) is 0 Å². The Labute approximate surface area is 279 Å². The summed E-state index contributed by atoms with van der Waals surface area (Å²) in [6.45, 7) is 1.07. The van der Waals surface area contributed by atoms with Crippen LogP contribution < -0.4 is 0 Å². The van der Waals surface area contributed by atoms with Gasteiger partial charge in [0, 0.05) is 19.1 Å². The smallest absolute Gasteiger partial charge is 0.363 e. The highest BCUT2D eigenvalue weighted by Crippen LogP contribution is 2.42. The molecule has 0 saturated carbocycles. The predicted molar refractivity (Wildman–Crippen MR) is 168 cm³/mol. The summed E-state index contributed by atoms with van der Waals surface area (Å²) in [7, 11) is 2.29. The van der Waals surface area contributed by atoms with Crippen LogP contribution >= 0.6 is 0 Å². The number of likely N-dealkylation sites (tertiary alicyclic amines) is 1. The maximum Gasteiger partial charge on any atom is 0.363 e. The van der Waals surface area contributed by atoms with Gasteiger partial charge in [-0.2, -0.15) is 4.99 Å². The van der Waals surface area contributed by atoms with Crippen molar-refractivity contribution in [3.8, 4) is 0 Å². The van der Waals surface area contributed by atoms with Crippen LogP contribution in [0.4, 0.5) is 26.7 Å². The summed E-state index contributed by atoms with van der Waals surface area (Å²) in [4.78, 5) is 44.9. The Morgan fingerprint density at radius 2 is 1.49 bits per heavy atom. The van der Waals surface area contributed by atoms with E-state index >= 15 is 8.78 Å². The third-order valence-electron chi connectivity index (χ3n) is 9.26. The number of amides is 3. The number of carbonyl (C=O) groups excluding carboxylic acids is 3. The fourth-order valence-electron chi connectivity index (χ4n) is 6.83. The van der Waals surface area contributed by atoms with Crippen molar-refractivity contribution in [2.75, 3.05) is 47.0 Å². The number of hydrazine groups is 1. The molecule has 2 unspecified atom stereocenters. The zero-order valence-electron chi connectivity index (χ0n) is 26.9. The Kier molecular flexibility index (Phi) is 11.1. The number of esters is 1. The van der Waals surface area contributed by atoms with Crippen LogP contribution in [0.2, 0.25) is 0 Å². The van der Waals surface area contributed by atoms with E-state index in [0.717, 1.165) is 23.2 Å². The normalized spacial score (nSPS) is 19.4. The maximum absolute atomic E-state index is 15.3. The highest BCUT2D eigenvalue weighted by Gasteiger charge is 2.49. The molecule has 0 aromatic heterocycles. The molecule has 1 saturated heterocycles. The first-order valence-corrected chi connectivity index (χ1v) is 15.6. The van der Waals surface area contributed by atoms with Crippen LogP contribution in [0.1, 0.15) is 42.0 Å². The summed E-state index contributed by atoms with van der Waals surface area (Å²) in [6.07, 6.45) is 1.78. The number of ether oxygens (including phenoxy) is 2. The minimum atomic E-state index is -1.87. The topological polar surface area (TPSA) is 91.8 Å². The molecule has 2 aliphatic heterocycles. The molecule has 3 aromatic carbocycles. The van der Waals surface area contributed by atoms with Gasteiger partial charge < -0.3 is 14.4 Å². The van der Waals surface area contributed by atoms with Crippen molar-refractivity contribution in [1.82, 2.24) is 14.9 Å². The van der Waals surface area contributed by atoms with Gasteiger partial charge in [0.1, 0.15) is 29.4 Å². The summed E-state index contributed by atoms with van der Waals surface area (Å²) < 4.78 is 82.5. The molecule has 0 bridgehead atoms. The van der Waals surface area contributed by atoms with Crippen LogP contribution in [-0.4, -0.2) is 86.0 Å². The average molecular weight is 687 g/mol. The maximum atomic E-state index is 15.3. The van der Waals surface area contributed by atoms with E-state index in [-0.39, 0.29) is 43.3 Å². The molecule has 14 heteroatoms. The summed E-state index contributed by atoms with van der Waals surface area (Å²) in [6, 6.07) is 10.7. The predicted octanol–water partition coefficient (Wildman–Crippen LogP) is 5.58. The molecule has 2 atom stereocenters. The molecule has 0 radical (unpaired) electrons. The first-order chi connectivity index (χ1) is 23.5. The van der Waals surface area contributed by atoms with E-state index in [2.05, 4.69) is 9.89 Å². The van der Waals surface area contributed by atoms with Crippen molar-refractivity contribution in [2.24, 2.45) is 10.9 Å². The van der Waals surface area contributed by atoms with Gasteiger partial charge in [-0.1, -0.05) is 24.3 Å². The monoisotopic (exact) mass is 686 g/mol. The zero-order valence-corrected chi connectivity index (χ0v) is 26.9. The van der Waals surface area contributed by atoms with Crippen molar-refractivity contribution in [3.63, 3.8) is 0 Å². The minimum absolute atomic E-state index is 0.134. The molecular weight excluding hydrogens is 651 g/mol. The van der Waals surface area contributed by atoms with Crippen LogP contribution in [-0.2, 0) is 24.5 Å². The van der Waals surface area contributed by atoms with Gasteiger partial charge >= 0.3 is 12.0 Å². The second-order valence-electron chi connectivity index (χ2n) is 11.9. The third-order valence-corrected chi connectivity index (χ3v) is 9.26. The van der Waals surface area contributed by atoms with E-state index in [4.69, 9.17) is 9.47 Å². The Balaban J connectivity index is 1.37. The summed E-state index contributed by atoms with van der Waals surface area (Å²) in [5.41, 5.74) is 0.126. The number of halogens is 5. The van der Waals surface area contributed by atoms with Gasteiger partial charge in [-0.25, -0.2) is 31.8 Å². The minimum Gasteiger partial charge on any atom is -0.468 e. The lowest BCUT2D eigenvalue weighted by molar-refractivity contribution is -0.150. The number of carbonyl (C=O) groups is 3. The van der Waals surface area contributed by atoms with E-state index < -0.39 is 52.4 Å². The molecule has 9 nitrogen and oxygen atoms in total. The van der Waals surface area contributed by atoms with E-state index in [9.17, 15) is 27.6 Å². The first-order valence-electron chi connectivity index (χ1n) is 15.6. The van der Waals surface area contributed by atoms with Gasteiger partial charge in [0.05, 0.1) is 25.0 Å². The highest BCUT2D eigenvalue weighted by atomic mass is 19.2. The number of urea groups is 1. The number of benzene rings is 3. The van der Waals surface area contributed by atoms with Crippen LogP contribution in [0.15, 0.2) is 65.7 Å².